The zero-order valence-corrected chi connectivity index (χ0v) is 16.3. The first kappa shape index (κ1) is 21.4. The van der Waals surface area contributed by atoms with Crippen molar-refractivity contribution >= 4 is 11.7 Å². The molecule has 2 aromatic carbocycles. The molecule has 1 aliphatic rings. The number of amides is 1. The first-order chi connectivity index (χ1) is 14.0. The molecule has 156 valence electrons. The highest BCUT2D eigenvalue weighted by atomic mass is 16.6. The number of rotatable bonds is 4. The quantitative estimate of drug-likeness (QED) is 0.271. The van der Waals surface area contributed by atoms with Gasteiger partial charge in [-0.1, -0.05) is 18.2 Å². The fourth-order valence-electron chi connectivity index (χ4n) is 3.30. The monoisotopic (exact) mass is 411 g/mol. The van der Waals surface area contributed by atoms with Crippen molar-refractivity contribution in [3.8, 4) is 11.8 Å². The average Bonchev–Trinajstić information content (AvgIpc) is 2.85. The van der Waals surface area contributed by atoms with Crippen molar-refractivity contribution in [1.82, 2.24) is 0 Å². The largest absolute Gasteiger partial charge is 0.490 e. The molecule has 0 fully saturated rings. The van der Waals surface area contributed by atoms with Crippen molar-refractivity contribution in [3.63, 3.8) is 0 Å². The van der Waals surface area contributed by atoms with E-state index in [1.54, 1.807) is 13.8 Å². The van der Waals surface area contributed by atoms with Crippen LogP contribution in [-0.2, 0) is 12.2 Å². The standard InChI is InChI=1S/C21H21N3O6/c1-11(2)30-16-7-6-12(8-14(16)10-22)19(25)24-18(23)15-5-3-4-13-9-20(26,27)21(28,29)17(13)15/h3-8,11,26-29H,9H2,1-2H3,(H2,23,24,25). The van der Waals surface area contributed by atoms with Gasteiger partial charge in [0.05, 0.1) is 11.7 Å². The lowest BCUT2D eigenvalue weighted by atomic mass is 9.98. The summed E-state index contributed by atoms with van der Waals surface area (Å²) in [6.07, 6.45) is -0.595. The van der Waals surface area contributed by atoms with E-state index in [9.17, 15) is 30.5 Å². The number of benzene rings is 2. The minimum Gasteiger partial charge on any atom is -0.490 e. The number of nitrogens with two attached hydrogens (primary N) is 1. The third-order valence-corrected chi connectivity index (χ3v) is 4.70. The van der Waals surface area contributed by atoms with Crippen molar-refractivity contribution in [1.29, 1.82) is 5.26 Å². The van der Waals surface area contributed by atoms with Crippen molar-refractivity contribution < 1.29 is 30.0 Å². The molecule has 0 saturated heterocycles. The minimum absolute atomic E-state index is 0.0175. The Labute approximate surface area is 172 Å². The number of nitrogens with zero attached hydrogens (tertiary/aromatic N) is 2. The van der Waals surface area contributed by atoms with Gasteiger partial charge in [-0.15, -0.1) is 0 Å². The van der Waals surface area contributed by atoms with E-state index < -0.39 is 23.9 Å². The second kappa shape index (κ2) is 7.51. The Hall–Kier alpha value is -3.29. The van der Waals surface area contributed by atoms with Gasteiger partial charge in [0.2, 0.25) is 11.6 Å². The summed E-state index contributed by atoms with van der Waals surface area (Å²) in [5.41, 5.74) is 6.16. The molecule has 2 aromatic rings. The lowest BCUT2D eigenvalue weighted by Crippen LogP contribution is -2.49. The van der Waals surface area contributed by atoms with Crippen molar-refractivity contribution in [2.75, 3.05) is 0 Å². The molecule has 0 spiro atoms. The average molecular weight is 411 g/mol. The Morgan fingerprint density at radius 1 is 1.23 bits per heavy atom. The van der Waals surface area contributed by atoms with Crippen LogP contribution in [0.3, 0.4) is 0 Å². The summed E-state index contributed by atoms with van der Waals surface area (Å²) in [4.78, 5) is 16.4. The number of hydrogen-bond acceptors (Lipinski definition) is 7. The lowest BCUT2D eigenvalue weighted by Gasteiger charge is -2.29. The summed E-state index contributed by atoms with van der Waals surface area (Å²) in [5.74, 6) is -6.59. The van der Waals surface area contributed by atoms with Gasteiger partial charge in [-0.3, -0.25) is 4.79 Å². The van der Waals surface area contributed by atoms with Gasteiger partial charge in [0.15, 0.2) is 0 Å². The smallest absolute Gasteiger partial charge is 0.278 e. The van der Waals surface area contributed by atoms with E-state index in [2.05, 4.69) is 4.99 Å². The van der Waals surface area contributed by atoms with E-state index in [1.807, 2.05) is 6.07 Å². The van der Waals surface area contributed by atoms with Crippen LogP contribution < -0.4 is 10.5 Å². The molecule has 0 aromatic heterocycles. The zero-order chi connectivity index (χ0) is 22.3. The molecule has 9 nitrogen and oxygen atoms in total. The second-order valence-electron chi connectivity index (χ2n) is 7.30. The van der Waals surface area contributed by atoms with Crippen LogP contribution in [-0.4, -0.2) is 44.1 Å². The Bertz CT molecular complexity index is 1080. The van der Waals surface area contributed by atoms with Crippen molar-refractivity contribution in [2.45, 2.75) is 37.9 Å². The molecule has 0 heterocycles. The van der Waals surface area contributed by atoms with E-state index in [1.165, 1.54) is 36.4 Å². The lowest BCUT2D eigenvalue weighted by molar-refractivity contribution is -0.355. The third kappa shape index (κ3) is 3.65. The molecule has 3 rings (SSSR count). The Morgan fingerprint density at radius 3 is 2.57 bits per heavy atom. The van der Waals surface area contributed by atoms with Gasteiger partial charge in [0.1, 0.15) is 17.7 Å². The number of carbonyl (C=O) groups is 1. The molecule has 1 aliphatic carbocycles. The molecule has 6 N–H and O–H groups in total. The van der Waals surface area contributed by atoms with Gasteiger partial charge < -0.3 is 30.9 Å². The van der Waals surface area contributed by atoms with Crippen LogP contribution in [0, 0.1) is 11.3 Å². The molecule has 9 heteroatoms. The number of aliphatic imine (C=N–C) groups is 1. The zero-order valence-electron chi connectivity index (χ0n) is 16.3. The fraction of sp³-hybridized carbons (Fsp3) is 0.286. The number of nitriles is 1. The first-order valence-corrected chi connectivity index (χ1v) is 9.09. The van der Waals surface area contributed by atoms with Gasteiger partial charge in [-0.2, -0.15) is 10.3 Å². The maximum Gasteiger partial charge on any atom is 0.278 e. The molecular weight excluding hydrogens is 390 g/mol. The molecule has 0 saturated carbocycles. The van der Waals surface area contributed by atoms with Gasteiger partial charge in [0, 0.05) is 23.1 Å². The fourth-order valence-corrected chi connectivity index (χ4v) is 3.30. The summed E-state index contributed by atoms with van der Waals surface area (Å²) >= 11 is 0. The summed E-state index contributed by atoms with van der Waals surface area (Å²) in [6, 6.07) is 10.6. The Balaban J connectivity index is 1.98. The summed E-state index contributed by atoms with van der Waals surface area (Å²) in [7, 11) is 0. The van der Waals surface area contributed by atoms with Gasteiger partial charge >= 0.3 is 0 Å². The van der Waals surface area contributed by atoms with Crippen LogP contribution in [0.4, 0.5) is 0 Å². The Morgan fingerprint density at radius 2 is 1.93 bits per heavy atom. The van der Waals surface area contributed by atoms with Crippen molar-refractivity contribution in [2.24, 2.45) is 10.7 Å². The molecular formula is C21H21N3O6. The molecule has 0 aliphatic heterocycles. The van der Waals surface area contributed by atoms with Crippen LogP contribution in [0.1, 0.15) is 46.5 Å². The predicted octanol–water partition coefficient (Wildman–Crippen LogP) is 0.266. The normalized spacial score (nSPS) is 16.8. The predicted molar refractivity (Wildman–Crippen MR) is 105 cm³/mol. The number of hydrogen-bond donors (Lipinski definition) is 5. The van der Waals surface area contributed by atoms with Crippen LogP contribution >= 0.6 is 0 Å². The summed E-state index contributed by atoms with van der Waals surface area (Å²) in [5, 5.41) is 49.6. The highest BCUT2D eigenvalue weighted by Crippen LogP contribution is 2.42. The third-order valence-electron chi connectivity index (χ3n) is 4.70. The molecule has 0 bridgehead atoms. The van der Waals surface area contributed by atoms with Gasteiger partial charge in [-0.25, -0.2) is 0 Å². The molecule has 1 amide bonds. The summed E-state index contributed by atoms with van der Waals surface area (Å²) < 4.78 is 5.52. The van der Waals surface area contributed by atoms with Gasteiger partial charge in [-0.05, 0) is 37.6 Å². The highest BCUT2D eigenvalue weighted by Gasteiger charge is 2.56. The van der Waals surface area contributed by atoms with Gasteiger partial charge in [0.25, 0.3) is 5.91 Å². The molecule has 0 radical (unpaired) electrons. The maximum atomic E-state index is 12.6. The Kier molecular flexibility index (Phi) is 5.36. The van der Waals surface area contributed by atoms with E-state index in [-0.39, 0.29) is 39.8 Å². The van der Waals surface area contributed by atoms with Crippen LogP contribution in [0.2, 0.25) is 0 Å². The highest BCUT2D eigenvalue weighted by molar-refractivity contribution is 6.09. The van der Waals surface area contributed by atoms with Crippen LogP contribution in [0.25, 0.3) is 0 Å². The number of aliphatic hydroxyl groups is 4. The number of fused-ring (bicyclic) bond motifs is 1. The topological polar surface area (TPSA) is 169 Å². The van der Waals surface area contributed by atoms with E-state index in [0.717, 1.165) is 0 Å². The molecule has 30 heavy (non-hydrogen) atoms. The van der Waals surface area contributed by atoms with E-state index in [4.69, 9.17) is 10.5 Å². The van der Waals surface area contributed by atoms with Crippen molar-refractivity contribution in [3.05, 3.63) is 64.2 Å². The number of ether oxygens (including phenoxy) is 1. The number of carbonyl (C=O) groups excluding carboxylic acids is 1. The maximum absolute atomic E-state index is 12.6. The van der Waals surface area contributed by atoms with E-state index in [0.29, 0.717) is 5.75 Å². The van der Waals surface area contributed by atoms with Crippen LogP contribution in [0.5, 0.6) is 5.75 Å². The summed E-state index contributed by atoms with van der Waals surface area (Å²) in [6.45, 7) is 3.61. The minimum atomic E-state index is -2.99. The first-order valence-electron chi connectivity index (χ1n) is 9.09. The SMILES string of the molecule is CC(C)Oc1ccc(C(=O)N=C(N)c2cccc3c2C(O)(O)C(O)(O)C3)cc1C#N. The second-order valence-corrected chi connectivity index (χ2v) is 7.30. The molecule has 0 unspecified atom stereocenters. The van der Waals surface area contributed by atoms with Crippen LogP contribution in [0.15, 0.2) is 41.4 Å². The molecule has 0 atom stereocenters. The number of amidine groups is 1. The van der Waals surface area contributed by atoms with E-state index >= 15 is 0 Å².